The molecule has 0 aliphatic carbocycles. The van der Waals surface area contributed by atoms with Crippen LogP contribution in [0.5, 0.6) is 5.75 Å². The summed E-state index contributed by atoms with van der Waals surface area (Å²) < 4.78 is 13.7. The second kappa shape index (κ2) is 9.14. The van der Waals surface area contributed by atoms with Crippen LogP contribution in [0.25, 0.3) is 0 Å². The third kappa shape index (κ3) is 3.90. The number of nitrogens with one attached hydrogen (secondary N) is 1. The summed E-state index contributed by atoms with van der Waals surface area (Å²) >= 11 is 5.16. The Balaban J connectivity index is 1.63. The smallest absolute Gasteiger partial charge is 0.352 e. The maximum Gasteiger partial charge on any atom is 0.352 e. The number of benzene rings is 1. The number of fused-ring (bicyclic) bond motifs is 1. The van der Waals surface area contributed by atoms with E-state index < -0.39 is 47.3 Å². The van der Waals surface area contributed by atoms with Crippen molar-refractivity contribution in [2.24, 2.45) is 7.05 Å². The van der Waals surface area contributed by atoms with Gasteiger partial charge in [-0.25, -0.2) is 14.2 Å². The van der Waals surface area contributed by atoms with Gasteiger partial charge in [0, 0.05) is 19.7 Å². The molecule has 3 heterocycles. The summed E-state index contributed by atoms with van der Waals surface area (Å²) in [4.78, 5) is 51.0. The van der Waals surface area contributed by atoms with E-state index in [2.05, 4.69) is 15.7 Å². The lowest BCUT2D eigenvalue weighted by Crippen LogP contribution is -2.82. The van der Waals surface area contributed by atoms with Gasteiger partial charge in [0.15, 0.2) is 12.1 Å². The molecule has 0 radical (unpaired) electrons. The van der Waals surface area contributed by atoms with Crippen LogP contribution in [0.2, 0.25) is 0 Å². The van der Waals surface area contributed by atoms with Gasteiger partial charge in [0.2, 0.25) is 10.7 Å². The average molecular weight is 520 g/mol. The summed E-state index contributed by atoms with van der Waals surface area (Å²) in [5.74, 6) is -6.94. The normalized spacial score (nSPS) is 22.0. The monoisotopic (exact) mass is 520 g/mol. The molecule has 3 atom stereocenters. The highest BCUT2D eigenvalue weighted by atomic mass is 32.1. The summed E-state index contributed by atoms with van der Waals surface area (Å²) in [6, 6.07) is 4.91. The van der Waals surface area contributed by atoms with Gasteiger partial charge in [0.1, 0.15) is 11.4 Å². The van der Waals surface area contributed by atoms with Gasteiger partial charge in [-0.2, -0.15) is 0 Å². The maximum absolute atomic E-state index is 13.2. The van der Waals surface area contributed by atoms with Gasteiger partial charge in [0.05, 0.1) is 13.2 Å². The number of ether oxygens (including phenoxy) is 2. The molecule has 16 heteroatoms. The molecule has 1 aromatic heterocycles. The second-order valence-electron chi connectivity index (χ2n) is 7.93. The number of carboxylic acid groups (broad SMARTS) is 2. The third-order valence-electron chi connectivity index (χ3n) is 5.80. The molecule has 2 aliphatic heterocycles. The van der Waals surface area contributed by atoms with Crippen molar-refractivity contribution in [3.8, 4) is 5.75 Å². The molecule has 2 aliphatic rings. The Bertz CT molecular complexity index is 1350. The molecule has 0 saturated carbocycles. The van der Waals surface area contributed by atoms with E-state index in [9.17, 15) is 34.5 Å². The van der Waals surface area contributed by atoms with Crippen molar-refractivity contribution >= 4 is 36.0 Å². The van der Waals surface area contributed by atoms with Crippen molar-refractivity contribution in [2.45, 2.75) is 24.4 Å². The first-order chi connectivity index (χ1) is 17.0. The number of phenols is 1. The zero-order valence-electron chi connectivity index (χ0n) is 18.8. The van der Waals surface area contributed by atoms with E-state index in [-0.39, 0.29) is 34.8 Å². The summed E-state index contributed by atoms with van der Waals surface area (Å²) in [5, 5.41) is 38.8. The number of carbonyl (C=O) groups excluding carboxylic acids is 2. The van der Waals surface area contributed by atoms with E-state index in [4.69, 9.17) is 21.7 Å². The predicted octanol–water partition coefficient (Wildman–Crippen LogP) is -1.08. The van der Waals surface area contributed by atoms with Crippen LogP contribution in [-0.4, -0.2) is 89.4 Å². The number of β-lactam (4-membered cyclic amide) rings is 1. The minimum absolute atomic E-state index is 0.0337. The molecule has 4 rings (SSSR count). The van der Waals surface area contributed by atoms with Crippen LogP contribution in [-0.2, 0) is 42.2 Å². The van der Waals surface area contributed by atoms with Gasteiger partial charge in [-0.05, 0) is 40.3 Å². The van der Waals surface area contributed by atoms with Crippen molar-refractivity contribution in [1.29, 1.82) is 0 Å². The number of hydrogen-bond acceptors (Lipinski definition) is 10. The molecular formula is C20H20N6O9S. The van der Waals surface area contributed by atoms with E-state index >= 15 is 0 Å². The highest BCUT2D eigenvalue weighted by Gasteiger charge is 2.68. The van der Waals surface area contributed by atoms with Gasteiger partial charge in [0.25, 0.3) is 11.6 Å². The predicted molar refractivity (Wildman–Crippen MR) is 117 cm³/mol. The summed E-state index contributed by atoms with van der Waals surface area (Å²) in [6.07, 6.45) is -1.39. The van der Waals surface area contributed by atoms with Crippen molar-refractivity contribution in [1.82, 2.24) is 30.0 Å². The number of phenolic OH excluding ortho intramolecular Hbond substituents is 1. The van der Waals surface area contributed by atoms with Crippen molar-refractivity contribution in [3.63, 3.8) is 0 Å². The largest absolute Gasteiger partial charge is 0.508 e. The number of carboxylic acids is 2. The first-order valence-electron chi connectivity index (χ1n) is 10.3. The van der Waals surface area contributed by atoms with Crippen LogP contribution in [0.4, 0.5) is 0 Å². The molecule has 0 bridgehead atoms. The zero-order valence-corrected chi connectivity index (χ0v) is 19.6. The lowest BCUT2D eigenvalue weighted by atomic mass is 9.92. The number of methoxy groups -OCH3 is 1. The number of hydrogen-bond donors (Lipinski definition) is 4. The van der Waals surface area contributed by atoms with Crippen molar-refractivity contribution < 1.29 is 44.0 Å². The molecule has 1 saturated heterocycles. The highest BCUT2D eigenvalue weighted by Crippen LogP contribution is 2.41. The van der Waals surface area contributed by atoms with Crippen LogP contribution in [0, 0.1) is 4.77 Å². The van der Waals surface area contributed by atoms with Gasteiger partial charge in [-0.1, -0.05) is 12.1 Å². The number of aryl methyl sites for hydroxylation is 1. The van der Waals surface area contributed by atoms with Crippen molar-refractivity contribution in [2.75, 3.05) is 13.7 Å². The number of aromatic nitrogens is 4. The maximum atomic E-state index is 13.2. The first-order valence-corrected chi connectivity index (χ1v) is 10.7. The van der Waals surface area contributed by atoms with Gasteiger partial charge >= 0.3 is 11.9 Å². The quantitative estimate of drug-likeness (QED) is 0.142. The molecule has 4 N–H and O–H groups in total. The molecule has 36 heavy (non-hydrogen) atoms. The third-order valence-corrected chi connectivity index (χ3v) is 6.27. The Hall–Kier alpha value is -4.15. The molecule has 2 aromatic rings. The zero-order chi connectivity index (χ0) is 26.4. The van der Waals surface area contributed by atoms with Gasteiger partial charge in [-0.15, -0.1) is 0 Å². The molecule has 1 fully saturated rings. The minimum atomic E-state index is -2.17. The van der Waals surface area contributed by atoms with Gasteiger partial charge < -0.3 is 30.1 Å². The fraction of sp³-hybridized carbons (Fsp3) is 0.350. The SMILES string of the molecule is CO[C@@]1(NC(=O)C(C(=O)O)c2ccc(O)cc2)C(=O)N2C(C(=O)O)=C(Cn3nnn(C)c3=S)CO[C@@H]21. The molecular weight excluding hydrogens is 500 g/mol. The lowest BCUT2D eigenvalue weighted by Gasteiger charge is -2.55. The number of tetrazole rings is 1. The minimum Gasteiger partial charge on any atom is -0.508 e. The molecule has 190 valence electrons. The van der Waals surface area contributed by atoms with E-state index in [1.807, 2.05) is 0 Å². The fourth-order valence-electron chi connectivity index (χ4n) is 4.02. The topological polar surface area (TPSA) is 198 Å². The summed E-state index contributed by atoms with van der Waals surface area (Å²) in [7, 11) is 2.65. The number of nitrogens with zero attached hydrogens (tertiary/aromatic N) is 5. The van der Waals surface area contributed by atoms with Crippen LogP contribution >= 0.6 is 12.2 Å². The number of aromatic hydroxyl groups is 1. The molecule has 0 spiro atoms. The number of carbonyl (C=O) groups is 4. The van der Waals surface area contributed by atoms with E-state index in [0.29, 0.717) is 0 Å². The van der Waals surface area contributed by atoms with Crippen LogP contribution < -0.4 is 5.32 Å². The molecule has 2 amide bonds. The molecule has 15 nitrogen and oxygen atoms in total. The van der Waals surface area contributed by atoms with E-state index in [1.54, 1.807) is 7.05 Å². The Kier molecular flexibility index (Phi) is 6.33. The number of aliphatic carboxylic acids is 2. The van der Waals surface area contributed by atoms with E-state index in [1.165, 1.54) is 33.6 Å². The van der Waals surface area contributed by atoms with Crippen LogP contribution in [0.15, 0.2) is 35.5 Å². The van der Waals surface area contributed by atoms with E-state index in [0.717, 1.165) is 12.0 Å². The van der Waals surface area contributed by atoms with Crippen LogP contribution in [0.3, 0.4) is 0 Å². The fourth-order valence-corrected chi connectivity index (χ4v) is 4.16. The number of amides is 2. The Morgan fingerprint density at radius 3 is 2.47 bits per heavy atom. The Morgan fingerprint density at radius 2 is 1.94 bits per heavy atom. The van der Waals surface area contributed by atoms with Crippen molar-refractivity contribution in [3.05, 3.63) is 45.9 Å². The first kappa shape index (κ1) is 25.0. The van der Waals surface area contributed by atoms with Gasteiger partial charge in [-0.3, -0.25) is 19.3 Å². The van der Waals surface area contributed by atoms with Crippen LogP contribution in [0.1, 0.15) is 11.5 Å². The second-order valence-corrected chi connectivity index (χ2v) is 8.30. The molecule has 1 unspecified atom stereocenters. The average Bonchev–Trinajstić information content (AvgIpc) is 3.15. The molecule has 1 aromatic carbocycles. The standard InChI is InChI=1S/C20H20N6O9S/c1-24-19(36)25(23-22-24)7-10-8-35-18-20(34-2,17(33)26(18)13(10)16(31)32)21-14(28)12(15(29)30)9-3-5-11(27)6-4-9/h3-6,12,18,27H,7-8H2,1-2H3,(H,21,28)(H,29,30)(H,31,32)/t12?,18-,20+/m1/s1. The Morgan fingerprint density at radius 1 is 1.28 bits per heavy atom. The highest BCUT2D eigenvalue weighted by molar-refractivity contribution is 7.71. The Labute approximate surface area is 207 Å². The number of rotatable bonds is 8. The lowest BCUT2D eigenvalue weighted by molar-refractivity contribution is -0.258. The summed E-state index contributed by atoms with van der Waals surface area (Å²) in [5.41, 5.74) is -2.38. The summed E-state index contributed by atoms with van der Waals surface area (Å²) in [6.45, 7) is -0.408.